The van der Waals surface area contributed by atoms with Gasteiger partial charge >= 0.3 is 0 Å². The maximum absolute atomic E-state index is 10.8. The fraction of sp³-hybridized carbons (Fsp3) is 0.529. The van der Waals surface area contributed by atoms with Crippen molar-refractivity contribution in [3.8, 4) is 0 Å². The molecule has 1 amide bonds. The van der Waals surface area contributed by atoms with Gasteiger partial charge in [-0.3, -0.25) is 9.59 Å². The third-order valence-corrected chi connectivity index (χ3v) is 3.56. The zero-order chi connectivity index (χ0) is 19.4. The van der Waals surface area contributed by atoms with E-state index in [1.807, 2.05) is 13.8 Å². The van der Waals surface area contributed by atoms with Crippen LogP contribution in [0.3, 0.4) is 0 Å². The lowest BCUT2D eigenvalue weighted by Gasteiger charge is -2.26. The number of nitrogens with one attached hydrogen (secondary N) is 2. The van der Waals surface area contributed by atoms with Crippen LogP contribution in [0, 0.1) is 11.3 Å². The lowest BCUT2D eigenvalue weighted by Crippen LogP contribution is -2.30. The molecule has 1 aliphatic rings. The van der Waals surface area contributed by atoms with Crippen molar-refractivity contribution < 1.29 is 9.59 Å². The van der Waals surface area contributed by atoms with E-state index in [4.69, 9.17) is 16.9 Å². The predicted molar refractivity (Wildman–Crippen MR) is 103 cm³/mol. The molecule has 1 aliphatic heterocycles. The molecule has 1 fully saturated rings. The Bertz CT molecular complexity index is 569. The third kappa shape index (κ3) is 7.75. The first-order valence-electron chi connectivity index (χ1n) is 8.38. The number of carbonyl (C=O) groups is 2. The zero-order valence-corrected chi connectivity index (χ0v) is 15.5. The molecule has 0 aromatic carbocycles. The van der Waals surface area contributed by atoms with Gasteiger partial charge in [-0.25, -0.2) is 4.98 Å². The summed E-state index contributed by atoms with van der Waals surface area (Å²) in [5, 5.41) is 9.25. The van der Waals surface area contributed by atoms with Gasteiger partial charge in [-0.2, -0.15) is 0 Å². The van der Waals surface area contributed by atoms with Crippen LogP contribution in [0.4, 0.5) is 17.2 Å². The summed E-state index contributed by atoms with van der Waals surface area (Å²) in [6.45, 7) is 8.94. The number of aromatic nitrogens is 1. The Morgan fingerprint density at radius 2 is 2.08 bits per heavy atom. The molecule has 0 saturated carbocycles. The minimum atomic E-state index is -0.843. The Kier molecular flexibility index (Phi) is 10.8. The third-order valence-electron chi connectivity index (χ3n) is 3.56. The van der Waals surface area contributed by atoms with Gasteiger partial charge in [-0.1, -0.05) is 20.8 Å². The highest BCUT2D eigenvalue weighted by Gasteiger charge is 2.11. The number of rotatable bonds is 3. The molecule has 140 valence electrons. The predicted octanol–water partition coefficient (Wildman–Crippen LogP) is 1.76. The fourth-order valence-electron chi connectivity index (χ4n) is 2.39. The Labute approximate surface area is 149 Å². The van der Waals surface area contributed by atoms with Gasteiger partial charge in [0.2, 0.25) is 6.29 Å². The molecule has 1 saturated heterocycles. The number of hydrogen-bond acceptors (Lipinski definition) is 7. The first-order chi connectivity index (χ1) is 11.9. The number of anilines is 3. The molecular formula is C17H30N6O2. The topological polar surface area (TPSA) is 138 Å². The van der Waals surface area contributed by atoms with E-state index in [-0.39, 0.29) is 29.0 Å². The SMILES string of the molecule is CC.CC1CCCN(C)C1.N=Cc1c(N)ncc(NC(=O)C=O)c1N. The van der Waals surface area contributed by atoms with Crippen molar-refractivity contribution in [2.45, 2.75) is 33.6 Å². The number of piperidine rings is 1. The Balaban J connectivity index is 0.000000483. The van der Waals surface area contributed by atoms with E-state index >= 15 is 0 Å². The Morgan fingerprint density at radius 3 is 2.52 bits per heavy atom. The number of nitrogens with two attached hydrogens (primary N) is 2. The molecular weight excluding hydrogens is 320 g/mol. The van der Waals surface area contributed by atoms with Crippen molar-refractivity contribution >= 4 is 35.6 Å². The van der Waals surface area contributed by atoms with Crippen LogP contribution < -0.4 is 16.8 Å². The first kappa shape index (κ1) is 22.5. The van der Waals surface area contributed by atoms with Crippen molar-refractivity contribution in [1.29, 1.82) is 5.41 Å². The van der Waals surface area contributed by atoms with E-state index in [0.717, 1.165) is 12.1 Å². The second-order valence-electron chi connectivity index (χ2n) is 5.65. The summed E-state index contributed by atoms with van der Waals surface area (Å²) >= 11 is 0. The number of aldehydes is 1. The van der Waals surface area contributed by atoms with Crippen molar-refractivity contribution in [3.63, 3.8) is 0 Å². The van der Waals surface area contributed by atoms with E-state index in [1.54, 1.807) is 0 Å². The van der Waals surface area contributed by atoms with E-state index in [9.17, 15) is 9.59 Å². The van der Waals surface area contributed by atoms with Crippen LogP contribution in [0.25, 0.3) is 0 Å². The van der Waals surface area contributed by atoms with Gasteiger partial charge in [0.1, 0.15) is 5.82 Å². The molecule has 25 heavy (non-hydrogen) atoms. The molecule has 0 spiro atoms. The highest BCUT2D eigenvalue weighted by molar-refractivity contribution is 6.30. The number of likely N-dealkylation sites (tertiary alicyclic amines) is 1. The van der Waals surface area contributed by atoms with E-state index in [1.165, 1.54) is 32.1 Å². The summed E-state index contributed by atoms with van der Waals surface area (Å²) < 4.78 is 0. The van der Waals surface area contributed by atoms with Crippen LogP contribution in [-0.4, -0.2) is 48.4 Å². The molecule has 8 nitrogen and oxygen atoms in total. The van der Waals surface area contributed by atoms with Gasteiger partial charge in [-0.05, 0) is 32.4 Å². The fourth-order valence-corrected chi connectivity index (χ4v) is 2.39. The van der Waals surface area contributed by atoms with Crippen molar-refractivity contribution in [2.75, 3.05) is 36.9 Å². The monoisotopic (exact) mass is 350 g/mol. The van der Waals surface area contributed by atoms with Crippen LogP contribution in [0.5, 0.6) is 0 Å². The highest BCUT2D eigenvalue weighted by atomic mass is 16.2. The molecule has 1 unspecified atom stereocenters. The Morgan fingerprint density at radius 1 is 1.44 bits per heavy atom. The molecule has 2 rings (SSSR count). The average Bonchev–Trinajstić information content (AvgIpc) is 2.60. The van der Waals surface area contributed by atoms with Crippen LogP contribution in [0.15, 0.2) is 6.20 Å². The van der Waals surface area contributed by atoms with Crippen LogP contribution >= 0.6 is 0 Å². The summed E-state index contributed by atoms with van der Waals surface area (Å²) in [5.74, 6) is 0.185. The van der Waals surface area contributed by atoms with Crippen molar-refractivity contribution in [2.24, 2.45) is 5.92 Å². The first-order valence-corrected chi connectivity index (χ1v) is 8.38. The summed E-state index contributed by atoms with van der Waals surface area (Å²) in [6.07, 6.45) is 5.09. The summed E-state index contributed by atoms with van der Waals surface area (Å²) in [4.78, 5) is 27.0. The standard InChI is InChI=1S/C8H9N5O2.C7H15N.C2H6/c9-1-4-7(10)5(2-12-8(4)11)13-6(15)3-14;1-7-4-3-5-8(2)6-7;1-2/h1-3,9H,(H,13,15)(H4,10,11,12);7H,3-6H2,1-2H3;1-2H3. The number of hydrogen-bond donors (Lipinski definition) is 4. The van der Waals surface area contributed by atoms with Crippen LogP contribution in [0.1, 0.15) is 39.2 Å². The van der Waals surface area contributed by atoms with Crippen molar-refractivity contribution in [1.82, 2.24) is 9.88 Å². The highest BCUT2D eigenvalue weighted by Crippen LogP contribution is 2.23. The number of nitrogen functional groups attached to an aromatic ring is 2. The molecule has 2 heterocycles. The summed E-state index contributed by atoms with van der Waals surface area (Å²) in [7, 11) is 2.20. The van der Waals surface area contributed by atoms with E-state index in [2.05, 4.69) is 29.2 Å². The van der Waals surface area contributed by atoms with Crippen LogP contribution in [-0.2, 0) is 9.59 Å². The molecule has 0 bridgehead atoms. The largest absolute Gasteiger partial charge is 0.396 e. The molecule has 6 N–H and O–H groups in total. The zero-order valence-electron chi connectivity index (χ0n) is 15.5. The van der Waals surface area contributed by atoms with Gasteiger partial charge in [0, 0.05) is 12.8 Å². The second kappa shape index (κ2) is 12.0. The lowest BCUT2D eigenvalue weighted by atomic mass is 10.0. The molecule has 1 aromatic heterocycles. The number of pyridine rings is 1. The smallest absolute Gasteiger partial charge is 0.288 e. The molecule has 1 atom stereocenters. The molecule has 8 heteroatoms. The minimum Gasteiger partial charge on any atom is -0.396 e. The van der Waals surface area contributed by atoms with Crippen molar-refractivity contribution in [3.05, 3.63) is 11.8 Å². The van der Waals surface area contributed by atoms with E-state index < -0.39 is 5.91 Å². The number of carbonyl (C=O) groups excluding carboxylic acids is 2. The molecule has 1 aromatic rings. The molecule has 0 aliphatic carbocycles. The maximum Gasteiger partial charge on any atom is 0.288 e. The lowest BCUT2D eigenvalue weighted by molar-refractivity contribution is -0.127. The quantitative estimate of drug-likeness (QED) is 0.372. The normalized spacial score (nSPS) is 16.4. The van der Waals surface area contributed by atoms with Gasteiger partial charge in [0.25, 0.3) is 5.91 Å². The average molecular weight is 350 g/mol. The maximum atomic E-state index is 10.8. The number of nitrogens with zero attached hydrogens (tertiary/aromatic N) is 2. The van der Waals surface area contributed by atoms with Crippen LogP contribution in [0.2, 0.25) is 0 Å². The van der Waals surface area contributed by atoms with E-state index in [0.29, 0.717) is 0 Å². The number of amides is 1. The second-order valence-corrected chi connectivity index (χ2v) is 5.65. The van der Waals surface area contributed by atoms with Gasteiger partial charge < -0.3 is 27.1 Å². The summed E-state index contributed by atoms with van der Waals surface area (Å²) in [6, 6.07) is 0. The van der Waals surface area contributed by atoms with Gasteiger partial charge in [0.15, 0.2) is 0 Å². The Hall–Kier alpha value is -2.48. The summed E-state index contributed by atoms with van der Waals surface area (Å²) in [5.41, 5.74) is 11.5. The minimum absolute atomic E-state index is 0.0894. The molecule has 0 radical (unpaired) electrons. The van der Waals surface area contributed by atoms with Gasteiger partial charge in [0.05, 0.1) is 23.1 Å². The van der Waals surface area contributed by atoms with Gasteiger partial charge in [-0.15, -0.1) is 0 Å².